The molecule has 146 valence electrons. The maximum atomic E-state index is 12.7. The summed E-state index contributed by atoms with van der Waals surface area (Å²) >= 11 is 0. The van der Waals surface area contributed by atoms with Gasteiger partial charge in [-0.2, -0.15) is 0 Å². The Morgan fingerprint density at radius 2 is 1.59 bits per heavy atom. The Labute approximate surface area is 170 Å². The highest BCUT2D eigenvalue weighted by atomic mass is 16.2. The summed E-state index contributed by atoms with van der Waals surface area (Å²) in [6.45, 7) is 2.55. The number of benzene rings is 3. The summed E-state index contributed by atoms with van der Waals surface area (Å²) in [6.07, 6.45) is 1.26. The fourth-order valence-corrected chi connectivity index (χ4v) is 3.52. The number of hydrogen-bond donors (Lipinski definition) is 2. The van der Waals surface area contributed by atoms with Crippen molar-refractivity contribution in [1.29, 1.82) is 0 Å². The van der Waals surface area contributed by atoms with Gasteiger partial charge in [-0.3, -0.25) is 9.59 Å². The predicted molar refractivity (Wildman–Crippen MR) is 117 cm³/mol. The minimum Gasteiger partial charge on any atom is -0.356 e. The SMILES string of the molecule is CCC(=O)N1CCc2cc(C(=O)Nc3ccc(Nc4ccccc4)cc3)ccc21. The number of amides is 2. The zero-order chi connectivity index (χ0) is 20.2. The van der Waals surface area contributed by atoms with Gasteiger partial charge < -0.3 is 15.5 Å². The lowest BCUT2D eigenvalue weighted by Gasteiger charge is -2.16. The molecule has 1 aliphatic rings. The summed E-state index contributed by atoms with van der Waals surface area (Å²) in [7, 11) is 0. The number of carbonyl (C=O) groups is 2. The number of nitrogens with zero attached hydrogens (tertiary/aromatic N) is 1. The lowest BCUT2D eigenvalue weighted by molar-refractivity contribution is -0.118. The molecule has 0 unspecified atom stereocenters. The molecule has 5 heteroatoms. The quantitative estimate of drug-likeness (QED) is 0.651. The number of nitrogens with one attached hydrogen (secondary N) is 2. The van der Waals surface area contributed by atoms with E-state index in [0.29, 0.717) is 18.5 Å². The molecule has 0 radical (unpaired) electrons. The van der Waals surface area contributed by atoms with Gasteiger partial charge in [0.15, 0.2) is 0 Å². The number of anilines is 4. The summed E-state index contributed by atoms with van der Waals surface area (Å²) < 4.78 is 0. The predicted octanol–water partition coefficient (Wildman–Crippen LogP) is 4.98. The lowest BCUT2D eigenvalue weighted by Crippen LogP contribution is -2.27. The van der Waals surface area contributed by atoms with Crippen molar-refractivity contribution in [1.82, 2.24) is 0 Å². The van der Waals surface area contributed by atoms with Crippen molar-refractivity contribution in [2.24, 2.45) is 0 Å². The fraction of sp³-hybridized carbons (Fsp3) is 0.167. The van der Waals surface area contributed by atoms with E-state index in [2.05, 4.69) is 10.6 Å². The van der Waals surface area contributed by atoms with Crippen LogP contribution in [0.5, 0.6) is 0 Å². The Bertz CT molecular complexity index is 1030. The minimum atomic E-state index is -0.156. The van der Waals surface area contributed by atoms with Crippen LogP contribution in [0, 0.1) is 0 Å². The Morgan fingerprint density at radius 3 is 2.31 bits per heavy atom. The topological polar surface area (TPSA) is 61.4 Å². The van der Waals surface area contributed by atoms with Gasteiger partial charge in [0.05, 0.1) is 0 Å². The first-order chi connectivity index (χ1) is 14.1. The molecule has 3 aromatic rings. The van der Waals surface area contributed by atoms with Crippen molar-refractivity contribution >= 4 is 34.6 Å². The van der Waals surface area contributed by atoms with Crippen LogP contribution in [0.1, 0.15) is 29.3 Å². The van der Waals surface area contributed by atoms with Gasteiger partial charge in [-0.15, -0.1) is 0 Å². The molecule has 1 heterocycles. The third-order valence-corrected chi connectivity index (χ3v) is 5.05. The molecule has 0 saturated carbocycles. The molecule has 0 aliphatic carbocycles. The van der Waals surface area contributed by atoms with Gasteiger partial charge >= 0.3 is 0 Å². The molecule has 29 heavy (non-hydrogen) atoms. The fourth-order valence-electron chi connectivity index (χ4n) is 3.52. The van der Waals surface area contributed by atoms with Crippen molar-refractivity contribution in [3.63, 3.8) is 0 Å². The molecule has 1 aliphatic heterocycles. The smallest absolute Gasteiger partial charge is 0.255 e. The largest absolute Gasteiger partial charge is 0.356 e. The molecule has 4 rings (SSSR count). The lowest BCUT2D eigenvalue weighted by atomic mass is 10.1. The van der Waals surface area contributed by atoms with Crippen LogP contribution in [-0.2, 0) is 11.2 Å². The first kappa shape index (κ1) is 18.7. The second kappa shape index (κ2) is 8.19. The molecular formula is C24H23N3O2. The second-order valence-corrected chi connectivity index (χ2v) is 7.01. The van der Waals surface area contributed by atoms with Crippen LogP contribution in [0.3, 0.4) is 0 Å². The van der Waals surface area contributed by atoms with Crippen LogP contribution in [-0.4, -0.2) is 18.4 Å². The van der Waals surface area contributed by atoms with Crippen LogP contribution in [0.15, 0.2) is 72.8 Å². The molecule has 0 spiro atoms. The molecule has 5 nitrogen and oxygen atoms in total. The normalized spacial score (nSPS) is 12.4. The summed E-state index contributed by atoms with van der Waals surface area (Å²) in [5.74, 6) is -0.0398. The minimum absolute atomic E-state index is 0.116. The molecule has 3 aromatic carbocycles. The van der Waals surface area contributed by atoms with Crippen molar-refractivity contribution in [2.45, 2.75) is 19.8 Å². The van der Waals surface area contributed by atoms with E-state index in [1.54, 1.807) is 11.0 Å². The van der Waals surface area contributed by atoms with Crippen LogP contribution in [0.25, 0.3) is 0 Å². The average Bonchev–Trinajstić information content (AvgIpc) is 3.18. The molecule has 2 N–H and O–H groups in total. The van der Waals surface area contributed by atoms with Gasteiger partial charge in [0.2, 0.25) is 5.91 Å². The number of hydrogen-bond acceptors (Lipinski definition) is 3. The maximum absolute atomic E-state index is 12.7. The van der Waals surface area contributed by atoms with E-state index < -0.39 is 0 Å². The zero-order valence-electron chi connectivity index (χ0n) is 16.3. The Morgan fingerprint density at radius 1 is 0.897 bits per heavy atom. The van der Waals surface area contributed by atoms with E-state index in [4.69, 9.17) is 0 Å². The zero-order valence-corrected chi connectivity index (χ0v) is 16.3. The van der Waals surface area contributed by atoms with Crippen LogP contribution in [0.2, 0.25) is 0 Å². The van der Waals surface area contributed by atoms with E-state index >= 15 is 0 Å². The highest BCUT2D eigenvalue weighted by Crippen LogP contribution is 2.29. The van der Waals surface area contributed by atoms with E-state index in [9.17, 15) is 9.59 Å². The van der Waals surface area contributed by atoms with Crippen molar-refractivity contribution in [2.75, 3.05) is 22.1 Å². The highest BCUT2D eigenvalue weighted by Gasteiger charge is 2.24. The Kier molecular flexibility index (Phi) is 5.29. The van der Waals surface area contributed by atoms with E-state index in [1.807, 2.05) is 73.7 Å². The van der Waals surface area contributed by atoms with Crippen molar-refractivity contribution in [3.05, 3.63) is 83.9 Å². The summed E-state index contributed by atoms with van der Waals surface area (Å²) in [4.78, 5) is 26.5. The van der Waals surface area contributed by atoms with Crippen LogP contribution in [0.4, 0.5) is 22.7 Å². The number of para-hydroxylation sites is 1. The van der Waals surface area contributed by atoms with Gasteiger partial charge in [0, 0.05) is 41.3 Å². The van der Waals surface area contributed by atoms with Gasteiger partial charge in [-0.1, -0.05) is 25.1 Å². The molecular weight excluding hydrogens is 362 g/mol. The van der Waals surface area contributed by atoms with Gasteiger partial charge in [-0.05, 0) is 66.6 Å². The molecule has 0 bridgehead atoms. The monoisotopic (exact) mass is 385 g/mol. The molecule has 0 aromatic heterocycles. The van der Waals surface area contributed by atoms with Gasteiger partial charge in [0.25, 0.3) is 5.91 Å². The molecule has 2 amide bonds. The third-order valence-electron chi connectivity index (χ3n) is 5.05. The van der Waals surface area contributed by atoms with Crippen molar-refractivity contribution < 1.29 is 9.59 Å². The average molecular weight is 385 g/mol. The number of rotatable bonds is 5. The highest BCUT2D eigenvalue weighted by molar-refractivity contribution is 6.05. The van der Waals surface area contributed by atoms with Crippen molar-refractivity contribution in [3.8, 4) is 0 Å². The van der Waals surface area contributed by atoms with Gasteiger partial charge in [-0.25, -0.2) is 0 Å². The third kappa shape index (κ3) is 4.14. The summed E-state index contributed by atoms with van der Waals surface area (Å²) in [5, 5.41) is 6.26. The van der Waals surface area contributed by atoms with Gasteiger partial charge in [0.1, 0.15) is 0 Å². The second-order valence-electron chi connectivity index (χ2n) is 7.01. The van der Waals surface area contributed by atoms with Crippen LogP contribution >= 0.6 is 0 Å². The summed E-state index contributed by atoms with van der Waals surface area (Å²) in [5.41, 5.74) is 5.26. The molecule has 0 saturated heterocycles. The molecule has 0 atom stereocenters. The standard InChI is InChI=1S/C24H23N3O2/c1-2-23(28)27-15-14-17-16-18(8-13-22(17)27)24(29)26-21-11-9-20(10-12-21)25-19-6-4-3-5-7-19/h3-13,16,25H,2,14-15H2,1H3,(H,26,29). The Balaban J connectivity index is 1.43. The van der Waals surface area contributed by atoms with E-state index in [-0.39, 0.29) is 11.8 Å². The number of fused-ring (bicyclic) bond motifs is 1. The summed E-state index contributed by atoms with van der Waals surface area (Å²) in [6, 6.07) is 23.1. The van der Waals surface area contributed by atoms with E-state index in [0.717, 1.165) is 34.7 Å². The Hall–Kier alpha value is -3.60. The first-order valence-corrected chi connectivity index (χ1v) is 9.81. The van der Waals surface area contributed by atoms with Crippen LogP contribution < -0.4 is 15.5 Å². The first-order valence-electron chi connectivity index (χ1n) is 9.81. The number of carbonyl (C=O) groups excluding carboxylic acids is 2. The maximum Gasteiger partial charge on any atom is 0.255 e. The van der Waals surface area contributed by atoms with E-state index in [1.165, 1.54) is 0 Å². The molecule has 0 fully saturated rings.